The zero-order valence-corrected chi connectivity index (χ0v) is 18.7. The highest BCUT2D eigenvalue weighted by molar-refractivity contribution is 6.18. The molecule has 0 radical (unpaired) electrons. The summed E-state index contributed by atoms with van der Waals surface area (Å²) in [6.45, 7) is 1.38. The number of halogens is 1. The summed E-state index contributed by atoms with van der Waals surface area (Å²) >= 11 is 6.13. The third kappa shape index (κ3) is 5.32. The maximum Gasteiger partial charge on any atom is 0.411 e. The van der Waals surface area contributed by atoms with E-state index in [2.05, 4.69) is 16.3 Å². The second-order valence-electron chi connectivity index (χ2n) is 7.61. The van der Waals surface area contributed by atoms with Gasteiger partial charge in [-0.25, -0.2) is 4.79 Å². The average Bonchev–Trinajstić information content (AvgIpc) is 2.84. The Balaban J connectivity index is 1.44. The first-order valence-electron chi connectivity index (χ1n) is 10.6. The molecule has 1 atom stereocenters. The maximum atomic E-state index is 12.3. The lowest BCUT2D eigenvalue weighted by atomic mass is 10.0. The largest absolute Gasteiger partial charge is 0.497 e. The summed E-state index contributed by atoms with van der Waals surface area (Å²) in [6.07, 6.45) is 0.952. The minimum Gasteiger partial charge on any atom is -0.497 e. The van der Waals surface area contributed by atoms with Gasteiger partial charge in [0.1, 0.15) is 11.9 Å². The molecule has 2 heterocycles. The van der Waals surface area contributed by atoms with Crippen LogP contribution in [0.25, 0.3) is 11.3 Å². The number of nitrogens with one attached hydrogen (secondary N) is 1. The predicted molar refractivity (Wildman–Crippen MR) is 128 cm³/mol. The van der Waals surface area contributed by atoms with Crippen LogP contribution in [0.4, 0.5) is 16.2 Å². The number of alkyl halides is 1. The van der Waals surface area contributed by atoms with Gasteiger partial charge in [0.15, 0.2) is 0 Å². The molecule has 0 unspecified atom stereocenters. The Morgan fingerprint density at radius 2 is 1.91 bits per heavy atom. The van der Waals surface area contributed by atoms with Crippen molar-refractivity contribution in [2.75, 3.05) is 36.3 Å². The number of fused-ring (bicyclic) bond motifs is 1. The van der Waals surface area contributed by atoms with Crippen LogP contribution in [0, 0.1) is 0 Å². The highest BCUT2D eigenvalue weighted by atomic mass is 35.5. The number of pyridine rings is 1. The summed E-state index contributed by atoms with van der Waals surface area (Å²) in [5, 5.41) is 2.74. The molecule has 1 aromatic heterocycles. The van der Waals surface area contributed by atoms with E-state index in [1.165, 1.54) is 0 Å². The third-order valence-electron chi connectivity index (χ3n) is 5.41. The Bertz CT molecular complexity index is 1040. The number of amides is 1. The smallest absolute Gasteiger partial charge is 0.411 e. The number of benzene rings is 2. The molecule has 4 rings (SSSR count). The molecular formula is C25H26ClN3O3. The van der Waals surface area contributed by atoms with Crippen LogP contribution < -0.4 is 15.0 Å². The molecule has 1 amide bonds. The molecule has 0 aliphatic carbocycles. The van der Waals surface area contributed by atoms with E-state index in [0.717, 1.165) is 47.8 Å². The van der Waals surface area contributed by atoms with Crippen molar-refractivity contribution in [1.82, 2.24) is 4.98 Å². The Hall–Kier alpha value is -3.25. The summed E-state index contributed by atoms with van der Waals surface area (Å²) < 4.78 is 10.8. The number of rotatable bonds is 7. The van der Waals surface area contributed by atoms with Crippen molar-refractivity contribution < 1.29 is 14.3 Å². The molecule has 7 heteroatoms. The number of ether oxygens (including phenoxy) is 2. The van der Waals surface area contributed by atoms with Gasteiger partial charge in [-0.1, -0.05) is 18.2 Å². The van der Waals surface area contributed by atoms with Crippen molar-refractivity contribution in [2.24, 2.45) is 0 Å². The van der Waals surface area contributed by atoms with Crippen molar-refractivity contribution in [3.8, 4) is 17.0 Å². The molecule has 0 saturated carbocycles. The fourth-order valence-electron chi connectivity index (χ4n) is 3.82. The van der Waals surface area contributed by atoms with Crippen molar-refractivity contribution in [3.05, 3.63) is 72.4 Å². The monoisotopic (exact) mass is 451 g/mol. The topological polar surface area (TPSA) is 63.7 Å². The fourth-order valence-corrected chi connectivity index (χ4v) is 3.98. The van der Waals surface area contributed by atoms with Gasteiger partial charge in [-0.15, -0.1) is 11.6 Å². The van der Waals surface area contributed by atoms with Crippen LogP contribution in [0.15, 0.2) is 66.7 Å². The molecule has 32 heavy (non-hydrogen) atoms. The van der Waals surface area contributed by atoms with Gasteiger partial charge in [0, 0.05) is 17.8 Å². The maximum absolute atomic E-state index is 12.3. The van der Waals surface area contributed by atoms with Crippen molar-refractivity contribution >= 4 is 29.1 Å². The second kappa shape index (κ2) is 10.4. The minimum atomic E-state index is -0.507. The van der Waals surface area contributed by atoms with Gasteiger partial charge in [0.25, 0.3) is 0 Å². The Morgan fingerprint density at radius 1 is 1.12 bits per heavy atom. The molecule has 3 aromatic rings. The van der Waals surface area contributed by atoms with Crippen molar-refractivity contribution in [3.63, 3.8) is 0 Å². The highest BCUT2D eigenvalue weighted by Crippen LogP contribution is 2.30. The molecule has 0 spiro atoms. The standard InChI is InChI=1S/C25H26ClN3O3/c1-31-20-11-9-18(10-12-20)22-13-14-24-23(28-22)8-5-15-29(24)17-21(16-26)32-25(30)27-19-6-3-2-4-7-19/h2-4,6-7,9-14,21H,5,8,15-17H2,1H3,(H,27,30)/t21-/m1/s1. The van der Waals surface area contributed by atoms with Gasteiger partial charge in [-0.2, -0.15) is 0 Å². The molecule has 0 fully saturated rings. The number of anilines is 2. The Kier molecular flexibility index (Phi) is 7.12. The Labute approximate surface area is 193 Å². The van der Waals surface area contributed by atoms with Crippen LogP contribution in [-0.4, -0.2) is 43.3 Å². The summed E-state index contributed by atoms with van der Waals surface area (Å²) in [4.78, 5) is 19.4. The number of carbonyl (C=O) groups excluding carboxylic acids is 1. The van der Waals surface area contributed by atoms with Crippen molar-refractivity contribution in [1.29, 1.82) is 0 Å². The third-order valence-corrected chi connectivity index (χ3v) is 5.75. The summed E-state index contributed by atoms with van der Waals surface area (Å²) in [5.74, 6) is 1.03. The first kappa shape index (κ1) is 22.0. The average molecular weight is 452 g/mol. The van der Waals surface area contributed by atoms with E-state index in [1.807, 2.05) is 60.7 Å². The molecule has 166 valence electrons. The molecule has 1 aliphatic rings. The minimum absolute atomic E-state index is 0.214. The number of nitrogens with zero attached hydrogens (tertiary/aromatic N) is 2. The van der Waals surface area contributed by atoms with E-state index in [-0.39, 0.29) is 5.88 Å². The lowest BCUT2D eigenvalue weighted by molar-refractivity contribution is 0.125. The van der Waals surface area contributed by atoms with Gasteiger partial charge in [0.2, 0.25) is 0 Å². The number of hydrogen-bond donors (Lipinski definition) is 1. The van der Waals surface area contributed by atoms with Gasteiger partial charge >= 0.3 is 6.09 Å². The summed E-state index contributed by atoms with van der Waals surface area (Å²) in [6, 6.07) is 21.2. The van der Waals surface area contributed by atoms with Crippen LogP contribution in [-0.2, 0) is 11.2 Å². The van der Waals surface area contributed by atoms with Crippen LogP contribution >= 0.6 is 11.6 Å². The van der Waals surface area contributed by atoms with Gasteiger partial charge in [-0.05, 0) is 61.4 Å². The molecule has 0 saturated heterocycles. The first-order chi connectivity index (χ1) is 15.7. The summed E-state index contributed by atoms with van der Waals surface area (Å²) in [5.41, 5.74) is 4.78. The molecule has 2 aromatic carbocycles. The first-order valence-corrected chi connectivity index (χ1v) is 11.2. The quantitative estimate of drug-likeness (QED) is 0.489. The second-order valence-corrected chi connectivity index (χ2v) is 7.92. The van der Waals surface area contributed by atoms with E-state index in [1.54, 1.807) is 7.11 Å². The van der Waals surface area contributed by atoms with Crippen LogP contribution in [0.2, 0.25) is 0 Å². The number of aromatic nitrogens is 1. The lowest BCUT2D eigenvalue weighted by Crippen LogP contribution is -2.40. The number of carbonyl (C=O) groups is 1. The summed E-state index contributed by atoms with van der Waals surface area (Å²) in [7, 11) is 1.66. The van der Waals surface area contributed by atoms with E-state index in [9.17, 15) is 4.79 Å². The van der Waals surface area contributed by atoms with Crippen molar-refractivity contribution in [2.45, 2.75) is 18.9 Å². The molecule has 1 N–H and O–H groups in total. The van der Waals surface area contributed by atoms with E-state index in [0.29, 0.717) is 12.2 Å². The van der Waals surface area contributed by atoms with Crippen LogP contribution in [0.3, 0.4) is 0 Å². The fraction of sp³-hybridized carbons (Fsp3) is 0.280. The van der Waals surface area contributed by atoms with Crippen LogP contribution in [0.1, 0.15) is 12.1 Å². The SMILES string of the molecule is COc1ccc(-c2ccc3c(n2)CCCN3C[C@@H](CCl)OC(=O)Nc2ccccc2)cc1. The zero-order chi connectivity index (χ0) is 22.3. The van der Waals surface area contributed by atoms with Gasteiger partial charge < -0.3 is 14.4 Å². The molecule has 1 aliphatic heterocycles. The highest BCUT2D eigenvalue weighted by Gasteiger charge is 2.23. The number of aryl methyl sites for hydroxylation is 1. The number of methoxy groups -OCH3 is 1. The number of para-hydroxylation sites is 1. The van der Waals surface area contributed by atoms with E-state index < -0.39 is 12.2 Å². The van der Waals surface area contributed by atoms with Crippen LogP contribution in [0.5, 0.6) is 5.75 Å². The molecule has 6 nitrogen and oxygen atoms in total. The van der Waals surface area contributed by atoms with E-state index in [4.69, 9.17) is 26.1 Å². The molecule has 0 bridgehead atoms. The number of hydrogen-bond acceptors (Lipinski definition) is 5. The Morgan fingerprint density at radius 3 is 2.62 bits per heavy atom. The van der Waals surface area contributed by atoms with Gasteiger partial charge in [0.05, 0.1) is 36.6 Å². The van der Waals surface area contributed by atoms with Gasteiger partial charge in [-0.3, -0.25) is 10.3 Å². The zero-order valence-electron chi connectivity index (χ0n) is 18.0. The van der Waals surface area contributed by atoms with E-state index >= 15 is 0 Å². The lowest BCUT2D eigenvalue weighted by Gasteiger charge is -2.33. The normalized spacial score (nSPS) is 13.8. The predicted octanol–water partition coefficient (Wildman–Crippen LogP) is 5.37. The molecular weight excluding hydrogens is 426 g/mol.